The molecule has 2 rings (SSSR count). The third-order valence-electron chi connectivity index (χ3n) is 2.59. The Morgan fingerprint density at radius 2 is 1.92 bits per heavy atom. The Balaban J connectivity index is 2.24. The molecule has 1 aliphatic carbocycles. The van der Waals surface area contributed by atoms with Gasteiger partial charge in [0.2, 0.25) is 0 Å². The van der Waals surface area contributed by atoms with Crippen molar-refractivity contribution in [2.75, 3.05) is 0 Å². The van der Waals surface area contributed by atoms with Crippen LogP contribution in [0.15, 0.2) is 30.3 Å². The first-order valence-electron chi connectivity index (χ1n) is 4.51. The lowest BCUT2D eigenvalue weighted by Gasteiger charge is -2.12. The highest BCUT2D eigenvalue weighted by atomic mass is 79.9. The van der Waals surface area contributed by atoms with E-state index in [-0.39, 0.29) is 4.83 Å². The van der Waals surface area contributed by atoms with Crippen molar-refractivity contribution in [1.82, 2.24) is 0 Å². The van der Waals surface area contributed by atoms with Gasteiger partial charge in [0.15, 0.2) is 0 Å². The zero-order chi connectivity index (χ0) is 9.26. The average Bonchev–Trinajstić information content (AvgIpc) is 2.49. The standard InChI is InChI=1S/C11H11BrO/c12-11-9(6-7-10(11)13)8-4-2-1-3-5-8/h1-5,9,11H,6-7H2. The fraction of sp³-hybridized carbons (Fsp3) is 0.364. The van der Waals surface area contributed by atoms with E-state index in [0.29, 0.717) is 11.7 Å². The van der Waals surface area contributed by atoms with E-state index in [0.717, 1.165) is 12.8 Å². The minimum atomic E-state index is 0.0369. The van der Waals surface area contributed by atoms with Gasteiger partial charge < -0.3 is 0 Å². The van der Waals surface area contributed by atoms with Crippen LogP contribution in [0.2, 0.25) is 0 Å². The first-order valence-corrected chi connectivity index (χ1v) is 5.42. The van der Waals surface area contributed by atoms with Gasteiger partial charge in [-0.05, 0) is 12.0 Å². The van der Waals surface area contributed by atoms with E-state index >= 15 is 0 Å². The molecule has 1 fully saturated rings. The second-order valence-electron chi connectivity index (χ2n) is 3.42. The van der Waals surface area contributed by atoms with Crippen LogP contribution in [0.25, 0.3) is 0 Å². The molecule has 1 aromatic rings. The number of benzene rings is 1. The summed E-state index contributed by atoms with van der Waals surface area (Å²) >= 11 is 3.46. The quantitative estimate of drug-likeness (QED) is 0.688. The largest absolute Gasteiger partial charge is 0.298 e. The third-order valence-corrected chi connectivity index (χ3v) is 3.74. The molecule has 68 valence electrons. The lowest BCUT2D eigenvalue weighted by Crippen LogP contribution is -2.11. The van der Waals surface area contributed by atoms with Gasteiger partial charge in [-0.15, -0.1) is 0 Å². The number of hydrogen-bond acceptors (Lipinski definition) is 1. The molecule has 1 saturated carbocycles. The third kappa shape index (κ3) is 1.68. The Morgan fingerprint density at radius 1 is 1.23 bits per heavy atom. The monoisotopic (exact) mass is 238 g/mol. The summed E-state index contributed by atoms with van der Waals surface area (Å²) in [5.74, 6) is 0.725. The number of carbonyl (C=O) groups excluding carboxylic acids is 1. The average molecular weight is 239 g/mol. The maximum atomic E-state index is 11.3. The van der Waals surface area contributed by atoms with E-state index in [1.54, 1.807) is 0 Å². The van der Waals surface area contributed by atoms with E-state index in [4.69, 9.17) is 0 Å². The van der Waals surface area contributed by atoms with Crippen LogP contribution in [-0.4, -0.2) is 10.6 Å². The molecule has 0 bridgehead atoms. The van der Waals surface area contributed by atoms with Gasteiger partial charge in [-0.3, -0.25) is 4.79 Å². The van der Waals surface area contributed by atoms with Gasteiger partial charge in [-0.2, -0.15) is 0 Å². The smallest absolute Gasteiger partial charge is 0.147 e. The summed E-state index contributed by atoms with van der Waals surface area (Å²) in [5, 5.41) is 0. The summed E-state index contributed by atoms with van der Waals surface area (Å²) in [7, 11) is 0. The van der Waals surface area contributed by atoms with Crippen LogP contribution < -0.4 is 0 Å². The Hall–Kier alpha value is -0.630. The molecule has 0 spiro atoms. The Kier molecular flexibility index (Phi) is 2.49. The number of halogens is 1. The minimum Gasteiger partial charge on any atom is -0.298 e. The molecule has 0 aromatic heterocycles. The molecule has 1 aromatic carbocycles. The van der Waals surface area contributed by atoms with Gasteiger partial charge in [0.25, 0.3) is 0 Å². The first-order chi connectivity index (χ1) is 6.29. The number of hydrogen-bond donors (Lipinski definition) is 0. The maximum absolute atomic E-state index is 11.3. The SMILES string of the molecule is O=C1CCC(c2ccccc2)C1Br. The molecule has 2 unspecified atom stereocenters. The molecular weight excluding hydrogens is 228 g/mol. The molecule has 1 aliphatic rings. The number of ketones is 1. The van der Waals surface area contributed by atoms with Crippen molar-refractivity contribution in [2.24, 2.45) is 0 Å². The molecule has 2 atom stereocenters. The number of rotatable bonds is 1. The van der Waals surface area contributed by atoms with Gasteiger partial charge in [0, 0.05) is 12.3 Å². The predicted molar refractivity (Wildman–Crippen MR) is 56.1 cm³/mol. The molecule has 1 nitrogen and oxygen atoms in total. The molecule has 0 aliphatic heterocycles. The van der Waals surface area contributed by atoms with E-state index in [9.17, 15) is 4.79 Å². The number of carbonyl (C=O) groups is 1. The van der Waals surface area contributed by atoms with Crippen molar-refractivity contribution in [1.29, 1.82) is 0 Å². The van der Waals surface area contributed by atoms with E-state index in [1.807, 2.05) is 18.2 Å². The highest BCUT2D eigenvalue weighted by Gasteiger charge is 2.33. The lowest BCUT2D eigenvalue weighted by atomic mass is 9.98. The van der Waals surface area contributed by atoms with Crippen LogP contribution >= 0.6 is 15.9 Å². The van der Waals surface area contributed by atoms with Crippen molar-refractivity contribution < 1.29 is 4.79 Å². The summed E-state index contributed by atoms with van der Waals surface area (Å²) in [6.45, 7) is 0. The summed E-state index contributed by atoms with van der Waals surface area (Å²) in [4.78, 5) is 11.3. The molecule has 0 N–H and O–H groups in total. The van der Waals surface area contributed by atoms with Crippen LogP contribution in [0.5, 0.6) is 0 Å². The molecule has 0 amide bonds. The summed E-state index contributed by atoms with van der Waals surface area (Å²) in [5.41, 5.74) is 1.27. The van der Waals surface area contributed by atoms with Gasteiger partial charge in [0.05, 0.1) is 4.83 Å². The molecule has 0 radical (unpaired) electrons. The van der Waals surface area contributed by atoms with Crippen LogP contribution in [-0.2, 0) is 4.79 Å². The second-order valence-corrected chi connectivity index (χ2v) is 4.41. The Morgan fingerprint density at radius 3 is 2.46 bits per heavy atom. The normalized spacial score (nSPS) is 27.9. The van der Waals surface area contributed by atoms with Crippen molar-refractivity contribution in [3.63, 3.8) is 0 Å². The molecule has 0 heterocycles. The van der Waals surface area contributed by atoms with E-state index < -0.39 is 0 Å². The number of alkyl halides is 1. The van der Waals surface area contributed by atoms with Gasteiger partial charge in [0.1, 0.15) is 5.78 Å². The fourth-order valence-electron chi connectivity index (χ4n) is 1.84. The lowest BCUT2D eigenvalue weighted by molar-refractivity contribution is -0.116. The molecule has 13 heavy (non-hydrogen) atoms. The molecule has 0 saturated heterocycles. The van der Waals surface area contributed by atoms with Crippen LogP contribution in [0.3, 0.4) is 0 Å². The van der Waals surface area contributed by atoms with Crippen LogP contribution in [0.4, 0.5) is 0 Å². The summed E-state index contributed by atoms with van der Waals surface area (Å²) < 4.78 is 0. The van der Waals surface area contributed by atoms with E-state index in [2.05, 4.69) is 28.1 Å². The summed E-state index contributed by atoms with van der Waals surface area (Å²) in [6, 6.07) is 10.2. The predicted octanol–water partition coefficient (Wildman–Crippen LogP) is 2.90. The van der Waals surface area contributed by atoms with Gasteiger partial charge in [-0.1, -0.05) is 46.3 Å². The van der Waals surface area contributed by atoms with Crippen molar-refractivity contribution in [3.05, 3.63) is 35.9 Å². The summed E-state index contributed by atoms with van der Waals surface area (Å²) in [6.07, 6.45) is 1.70. The molecule has 2 heteroatoms. The van der Waals surface area contributed by atoms with Crippen molar-refractivity contribution in [2.45, 2.75) is 23.6 Å². The zero-order valence-corrected chi connectivity index (χ0v) is 8.83. The Labute approximate surface area is 86.3 Å². The molecular formula is C11H11BrO. The highest BCUT2D eigenvalue weighted by Crippen LogP contribution is 2.36. The minimum absolute atomic E-state index is 0.0369. The van der Waals surface area contributed by atoms with Crippen molar-refractivity contribution >= 4 is 21.7 Å². The fourth-order valence-corrected chi connectivity index (χ4v) is 2.64. The van der Waals surface area contributed by atoms with Crippen LogP contribution in [0, 0.1) is 0 Å². The van der Waals surface area contributed by atoms with Crippen molar-refractivity contribution in [3.8, 4) is 0 Å². The first kappa shape index (κ1) is 8.95. The second kappa shape index (κ2) is 3.62. The van der Waals surface area contributed by atoms with E-state index in [1.165, 1.54) is 5.56 Å². The maximum Gasteiger partial charge on any atom is 0.147 e. The Bertz CT molecular complexity index is 307. The highest BCUT2D eigenvalue weighted by molar-refractivity contribution is 9.10. The van der Waals surface area contributed by atoms with Gasteiger partial charge >= 0.3 is 0 Å². The topological polar surface area (TPSA) is 17.1 Å². The van der Waals surface area contributed by atoms with Gasteiger partial charge in [-0.25, -0.2) is 0 Å². The number of Topliss-reactive ketones (excluding diaryl/α,β-unsaturated/α-hetero) is 1. The van der Waals surface area contributed by atoms with Crippen LogP contribution in [0.1, 0.15) is 24.3 Å². The zero-order valence-electron chi connectivity index (χ0n) is 7.24.